The molecule has 0 aliphatic rings. The van der Waals surface area contributed by atoms with Gasteiger partial charge in [-0.05, 0) is 24.3 Å². The van der Waals surface area contributed by atoms with Crippen LogP contribution >= 0.6 is 0 Å². The first-order valence-electron chi connectivity index (χ1n) is 5.09. The van der Waals surface area contributed by atoms with E-state index in [2.05, 4.69) is 5.32 Å². The number of halogens is 3. The monoisotopic (exact) mass is 251 g/mol. The molecule has 1 amide bonds. The van der Waals surface area contributed by atoms with E-state index in [1.54, 1.807) is 0 Å². The predicted octanol–water partition coefficient (Wildman–Crippen LogP) is 3.36. The molecule has 0 saturated carbocycles. The van der Waals surface area contributed by atoms with Crippen LogP contribution in [0.4, 0.5) is 18.9 Å². The predicted molar refractivity (Wildman–Crippen MR) is 60.7 cm³/mol. The Hall–Kier alpha value is -2.30. The standard InChI is InChI=1S/C13H8F3NO/c14-9-5-1-2-7-11(9)17-13(18)8-4-3-6-10(15)12(8)16/h1-7H,(H,17,18). The summed E-state index contributed by atoms with van der Waals surface area (Å²) in [5, 5.41) is 2.17. The molecule has 0 aliphatic heterocycles. The van der Waals surface area contributed by atoms with Crippen LogP contribution in [0.3, 0.4) is 0 Å². The first-order valence-corrected chi connectivity index (χ1v) is 5.09. The lowest BCUT2D eigenvalue weighted by Gasteiger charge is -2.07. The van der Waals surface area contributed by atoms with E-state index >= 15 is 0 Å². The maximum absolute atomic E-state index is 13.3. The van der Waals surface area contributed by atoms with Crippen LogP contribution in [0.15, 0.2) is 42.5 Å². The minimum Gasteiger partial charge on any atom is -0.319 e. The van der Waals surface area contributed by atoms with Gasteiger partial charge >= 0.3 is 0 Å². The van der Waals surface area contributed by atoms with Crippen molar-refractivity contribution in [1.82, 2.24) is 0 Å². The molecule has 2 nitrogen and oxygen atoms in total. The molecule has 2 aromatic rings. The number of nitrogens with one attached hydrogen (secondary N) is 1. The Bertz CT molecular complexity index is 599. The van der Waals surface area contributed by atoms with Gasteiger partial charge in [-0.15, -0.1) is 0 Å². The van der Waals surface area contributed by atoms with Crippen molar-refractivity contribution in [3.8, 4) is 0 Å². The summed E-state index contributed by atoms with van der Waals surface area (Å²) in [6.07, 6.45) is 0. The molecule has 0 fully saturated rings. The number of carbonyl (C=O) groups is 1. The summed E-state index contributed by atoms with van der Waals surface area (Å²) >= 11 is 0. The van der Waals surface area contributed by atoms with E-state index in [1.807, 2.05) is 0 Å². The average Bonchev–Trinajstić information content (AvgIpc) is 2.35. The van der Waals surface area contributed by atoms with E-state index in [-0.39, 0.29) is 5.69 Å². The van der Waals surface area contributed by atoms with Gasteiger partial charge in [-0.1, -0.05) is 18.2 Å². The summed E-state index contributed by atoms with van der Waals surface area (Å²) in [6, 6.07) is 8.66. The molecule has 0 aliphatic carbocycles. The molecule has 0 bridgehead atoms. The van der Waals surface area contributed by atoms with Gasteiger partial charge in [-0.25, -0.2) is 13.2 Å². The lowest BCUT2D eigenvalue weighted by Crippen LogP contribution is -2.15. The van der Waals surface area contributed by atoms with Crippen molar-refractivity contribution in [3.63, 3.8) is 0 Å². The fraction of sp³-hybridized carbons (Fsp3) is 0. The SMILES string of the molecule is O=C(Nc1ccccc1F)c1cccc(F)c1F. The summed E-state index contributed by atoms with van der Waals surface area (Å²) in [6.45, 7) is 0. The van der Waals surface area contributed by atoms with Gasteiger partial charge in [0.25, 0.3) is 5.91 Å². The molecule has 0 atom stereocenters. The number of amides is 1. The Morgan fingerprint density at radius 2 is 1.56 bits per heavy atom. The molecule has 0 saturated heterocycles. The highest BCUT2D eigenvalue weighted by Gasteiger charge is 2.16. The fourth-order valence-electron chi connectivity index (χ4n) is 1.43. The molecule has 0 aromatic heterocycles. The van der Waals surface area contributed by atoms with Gasteiger partial charge in [0.1, 0.15) is 5.82 Å². The number of benzene rings is 2. The molecule has 5 heteroatoms. The number of anilines is 1. The largest absolute Gasteiger partial charge is 0.319 e. The molecule has 92 valence electrons. The normalized spacial score (nSPS) is 10.2. The molecular formula is C13H8F3NO. The second-order valence-corrected chi connectivity index (χ2v) is 3.54. The summed E-state index contributed by atoms with van der Waals surface area (Å²) in [5.74, 6) is -3.94. The Kier molecular flexibility index (Phi) is 3.32. The van der Waals surface area contributed by atoms with Crippen LogP contribution in [-0.4, -0.2) is 5.91 Å². The highest BCUT2D eigenvalue weighted by atomic mass is 19.2. The Labute approximate surface area is 101 Å². The number of para-hydroxylation sites is 1. The van der Waals surface area contributed by atoms with E-state index < -0.39 is 28.9 Å². The second kappa shape index (κ2) is 4.91. The third-order valence-electron chi connectivity index (χ3n) is 2.32. The first-order chi connectivity index (χ1) is 8.59. The highest BCUT2D eigenvalue weighted by molar-refractivity contribution is 6.04. The van der Waals surface area contributed by atoms with Crippen LogP contribution in [0.5, 0.6) is 0 Å². The molecule has 2 aromatic carbocycles. The smallest absolute Gasteiger partial charge is 0.258 e. The van der Waals surface area contributed by atoms with Crippen molar-refractivity contribution in [3.05, 3.63) is 65.5 Å². The van der Waals surface area contributed by atoms with E-state index in [4.69, 9.17) is 0 Å². The topological polar surface area (TPSA) is 29.1 Å². The number of rotatable bonds is 2. The fourth-order valence-corrected chi connectivity index (χ4v) is 1.43. The summed E-state index contributed by atoms with van der Waals surface area (Å²) in [7, 11) is 0. The van der Waals surface area contributed by atoms with Gasteiger partial charge < -0.3 is 5.32 Å². The Morgan fingerprint density at radius 1 is 0.889 bits per heavy atom. The van der Waals surface area contributed by atoms with Gasteiger partial charge in [0.05, 0.1) is 11.3 Å². The third-order valence-corrected chi connectivity index (χ3v) is 2.32. The molecule has 0 unspecified atom stereocenters. The summed E-state index contributed by atoms with van der Waals surface area (Å²) < 4.78 is 39.5. The molecular weight excluding hydrogens is 243 g/mol. The average molecular weight is 251 g/mol. The van der Waals surface area contributed by atoms with Crippen LogP contribution in [0, 0.1) is 17.5 Å². The summed E-state index contributed by atoms with van der Waals surface area (Å²) in [4.78, 5) is 11.7. The van der Waals surface area contributed by atoms with E-state index in [0.717, 1.165) is 18.2 Å². The van der Waals surface area contributed by atoms with Crippen molar-refractivity contribution in [2.45, 2.75) is 0 Å². The van der Waals surface area contributed by atoms with Crippen LogP contribution in [0.2, 0.25) is 0 Å². The van der Waals surface area contributed by atoms with Gasteiger partial charge in [0, 0.05) is 0 Å². The zero-order valence-corrected chi connectivity index (χ0v) is 9.08. The number of hydrogen-bond donors (Lipinski definition) is 1. The maximum atomic E-state index is 13.3. The highest BCUT2D eigenvalue weighted by Crippen LogP contribution is 2.16. The second-order valence-electron chi connectivity index (χ2n) is 3.54. The molecule has 1 N–H and O–H groups in total. The van der Waals surface area contributed by atoms with Crippen LogP contribution in [0.25, 0.3) is 0 Å². The first kappa shape index (κ1) is 12.2. The van der Waals surface area contributed by atoms with Gasteiger partial charge in [0.15, 0.2) is 11.6 Å². The van der Waals surface area contributed by atoms with Crippen LogP contribution < -0.4 is 5.32 Å². The molecule has 18 heavy (non-hydrogen) atoms. The minimum atomic E-state index is -1.26. The third kappa shape index (κ3) is 2.34. The van der Waals surface area contributed by atoms with Gasteiger partial charge in [-0.2, -0.15) is 0 Å². The van der Waals surface area contributed by atoms with E-state index in [1.165, 1.54) is 24.3 Å². The summed E-state index contributed by atoms with van der Waals surface area (Å²) in [5.41, 5.74) is -0.565. The lowest BCUT2D eigenvalue weighted by atomic mass is 10.2. The zero-order chi connectivity index (χ0) is 13.1. The maximum Gasteiger partial charge on any atom is 0.258 e. The van der Waals surface area contributed by atoms with Crippen LogP contribution in [-0.2, 0) is 0 Å². The zero-order valence-electron chi connectivity index (χ0n) is 9.08. The van der Waals surface area contributed by atoms with Crippen LogP contribution in [0.1, 0.15) is 10.4 Å². The van der Waals surface area contributed by atoms with Gasteiger partial charge in [0.2, 0.25) is 0 Å². The molecule has 2 rings (SSSR count). The van der Waals surface area contributed by atoms with Crippen molar-refractivity contribution in [1.29, 1.82) is 0 Å². The number of carbonyl (C=O) groups excluding carboxylic acids is 1. The van der Waals surface area contributed by atoms with Crippen molar-refractivity contribution >= 4 is 11.6 Å². The Morgan fingerprint density at radius 3 is 2.28 bits per heavy atom. The van der Waals surface area contributed by atoms with Gasteiger partial charge in [-0.3, -0.25) is 4.79 Å². The minimum absolute atomic E-state index is 0.0915. The molecule has 0 spiro atoms. The molecule has 0 heterocycles. The van der Waals surface area contributed by atoms with E-state index in [9.17, 15) is 18.0 Å². The van der Waals surface area contributed by atoms with Crippen molar-refractivity contribution in [2.75, 3.05) is 5.32 Å². The number of hydrogen-bond acceptors (Lipinski definition) is 1. The van der Waals surface area contributed by atoms with Crippen molar-refractivity contribution in [2.24, 2.45) is 0 Å². The molecule has 0 radical (unpaired) electrons. The van der Waals surface area contributed by atoms with Crippen molar-refractivity contribution < 1.29 is 18.0 Å². The Balaban J connectivity index is 2.28. The van der Waals surface area contributed by atoms with E-state index in [0.29, 0.717) is 0 Å². The lowest BCUT2D eigenvalue weighted by molar-refractivity contribution is 0.102. The quantitative estimate of drug-likeness (QED) is 0.871.